The zero-order valence-electron chi connectivity index (χ0n) is 18.3. The summed E-state index contributed by atoms with van der Waals surface area (Å²) in [4.78, 5) is 26.9. The lowest BCUT2D eigenvalue weighted by molar-refractivity contribution is -0.141. The number of rotatable bonds is 9. The van der Waals surface area contributed by atoms with Crippen LogP contribution in [0.2, 0.25) is 0 Å². The molecule has 0 bridgehead atoms. The molecule has 2 aromatic carbocycles. The second kappa shape index (κ2) is 9.00. The number of para-hydroxylation sites is 1. The number of unbranched alkanes of at least 4 members (excludes halogenated alkanes) is 2. The molecule has 1 aliphatic rings. The fourth-order valence-corrected chi connectivity index (χ4v) is 4.25. The summed E-state index contributed by atoms with van der Waals surface area (Å²) < 4.78 is 5.99. The predicted octanol–water partition coefficient (Wildman–Crippen LogP) is 4.59. The normalized spacial score (nSPS) is 17.9. The van der Waals surface area contributed by atoms with E-state index in [4.69, 9.17) is 4.74 Å². The molecule has 0 saturated carbocycles. The molecule has 1 heterocycles. The Kier molecular flexibility index (Phi) is 6.61. The molecule has 0 saturated heterocycles. The molecule has 0 fully saturated rings. The average molecular weight is 410 g/mol. The molecule has 0 radical (unpaired) electrons. The van der Waals surface area contributed by atoms with Crippen LogP contribution >= 0.6 is 0 Å². The first kappa shape index (κ1) is 22.0. The lowest BCUT2D eigenvalue weighted by Gasteiger charge is -2.23. The van der Waals surface area contributed by atoms with E-state index < -0.39 is 11.5 Å². The third-order valence-corrected chi connectivity index (χ3v) is 5.68. The molecule has 1 amide bonds. The summed E-state index contributed by atoms with van der Waals surface area (Å²) in [6, 6.07) is 11.5. The summed E-state index contributed by atoms with van der Waals surface area (Å²) in [5.41, 5.74) is 1.99. The number of hydrogen-bond acceptors (Lipinski definition) is 4. The van der Waals surface area contributed by atoms with E-state index in [2.05, 4.69) is 6.92 Å². The molecule has 30 heavy (non-hydrogen) atoms. The van der Waals surface area contributed by atoms with E-state index in [1.807, 2.05) is 50.2 Å². The van der Waals surface area contributed by atoms with E-state index in [1.165, 1.54) is 6.92 Å². The van der Waals surface area contributed by atoms with Crippen LogP contribution in [0.1, 0.15) is 61.8 Å². The number of anilines is 1. The van der Waals surface area contributed by atoms with Crippen molar-refractivity contribution in [3.63, 3.8) is 0 Å². The summed E-state index contributed by atoms with van der Waals surface area (Å²) >= 11 is 0. The minimum atomic E-state index is -1.83. The van der Waals surface area contributed by atoms with E-state index >= 15 is 0 Å². The number of carbonyl (C=O) groups excluding carboxylic acids is 2. The standard InChI is InChI=1S/C25H31NO4/c1-5-6-9-14-30-21-11-8-7-10-20(21)16-26-23-18(3)13-12-17(2)22(23)25(29,24(26)28)15-19(4)27/h7-8,10-13,29H,5-6,9,14-16H2,1-4H3. The minimum absolute atomic E-state index is 0.223. The Morgan fingerprint density at radius 1 is 1.10 bits per heavy atom. The van der Waals surface area contributed by atoms with Gasteiger partial charge in [0.25, 0.3) is 5.91 Å². The van der Waals surface area contributed by atoms with Crippen LogP contribution in [-0.4, -0.2) is 23.4 Å². The molecular formula is C25H31NO4. The van der Waals surface area contributed by atoms with Gasteiger partial charge in [-0.25, -0.2) is 0 Å². The van der Waals surface area contributed by atoms with Crippen molar-refractivity contribution >= 4 is 17.4 Å². The summed E-state index contributed by atoms with van der Waals surface area (Å²) in [5.74, 6) is 0.0698. The summed E-state index contributed by atoms with van der Waals surface area (Å²) in [5, 5.41) is 11.4. The molecule has 0 spiro atoms. The molecule has 5 heteroatoms. The highest BCUT2D eigenvalue weighted by atomic mass is 16.5. The van der Waals surface area contributed by atoms with Crippen LogP contribution in [0.4, 0.5) is 5.69 Å². The van der Waals surface area contributed by atoms with Crippen molar-refractivity contribution in [2.45, 2.75) is 65.5 Å². The van der Waals surface area contributed by atoms with Gasteiger partial charge in [-0.1, -0.05) is 50.1 Å². The van der Waals surface area contributed by atoms with Gasteiger partial charge in [0.2, 0.25) is 0 Å². The third kappa shape index (κ3) is 4.12. The fraction of sp³-hybridized carbons (Fsp3) is 0.440. The molecule has 1 N–H and O–H groups in total. The Hall–Kier alpha value is -2.66. The quantitative estimate of drug-likeness (QED) is 0.616. The topological polar surface area (TPSA) is 66.8 Å². The zero-order chi connectivity index (χ0) is 21.9. The van der Waals surface area contributed by atoms with E-state index in [1.54, 1.807) is 4.90 Å². The van der Waals surface area contributed by atoms with Gasteiger partial charge in [-0.15, -0.1) is 0 Å². The minimum Gasteiger partial charge on any atom is -0.493 e. The van der Waals surface area contributed by atoms with Crippen molar-refractivity contribution in [1.29, 1.82) is 0 Å². The zero-order valence-corrected chi connectivity index (χ0v) is 18.3. The first-order chi connectivity index (χ1) is 14.3. The molecule has 2 aromatic rings. The number of aliphatic hydroxyl groups is 1. The van der Waals surface area contributed by atoms with Crippen LogP contribution < -0.4 is 9.64 Å². The molecule has 160 valence electrons. The maximum absolute atomic E-state index is 13.4. The first-order valence-electron chi connectivity index (χ1n) is 10.6. The molecule has 0 aromatic heterocycles. The molecule has 5 nitrogen and oxygen atoms in total. The van der Waals surface area contributed by atoms with Crippen LogP contribution in [0.25, 0.3) is 0 Å². The summed E-state index contributed by atoms with van der Waals surface area (Å²) in [6.45, 7) is 8.24. The van der Waals surface area contributed by atoms with E-state index in [9.17, 15) is 14.7 Å². The van der Waals surface area contributed by atoms with Crippen LogP contribution in [0, 0.1) is 13.8 Å². The van der Waals surface area contributed by atoms with Gasteiger partial charge >= 0.3 is 0 Å². The van der Waals surface area contributed by atoms with Gasteiger partial charge in [0.05, 0.1) is 18.8 Å². The monoisotopic (exact) mass is 409 g/mol. The van der Waals surface area contributed by atoms with Gasteiger partial charge < -0.3 is 14.7 Å². The van der Waals surface area contributed by atoms with Crippen LogP contribution in [-0.2, 0) is 21.7 Å². The van der Waals surface area contributed by atoms with Crippen LogP contribution in [0.3, 0.4) is 0 Å². The summed E-state index contributed by atoms with van der Waals surface area (Å²) in [7, 11) is 0. The Bertz CT molecular complexity index is 952. The van der Waals surface area contributed by atoms with Gasteiger partial charge in [-0.05, 0) is 44.4 Å². The highest BCUT2D eigenvalue weighted by Gasteiger charge is 2.51. The van der Waals surface area contributed by atoms with Crippen molar-refractivity contribution in [1.82, 2.24) is 0 Å². The highest BCUT2D eigenvalue weighted by molar-refractivity contribution is 6.09. The van der Waals surface area contributed by atoms with Crippen molar-refractivity contribution in [3.8, 4) is 5.75 Å². The number of carbonyl (C=O) groups is 2. The Morgan fingerprint density at radius 2 is 1.80 bits per heavy atom. The van der Waals surface area contributed by atoms with Crippen molar-refractivity contribution < 1.29 is 19.4 Å². The Balaban J connectivity index is 1.98. The lowest BCUT2D eigenvalue weighted by atomic mass is 9.86. The van der Waals surface area contributed by atoms with E-state index in [-0.39, 0.29) is 18.7 Å². The fourth-order valence-electron chi connectivity index (χ4n) is 4.25. The second-order valence-corrected chi connectivity index (χ2v) is 8.22. The Morgan fingerprint density at radius 3 is 2.50 bits per heavy atom. The van der Waals surface area contributed by atoms with Gasteiger partial charge in [0.15, 0.2) is 5.60 Å². The number of hydrogen-bond donors (Lipinski definition) is 1. The number of Topliss-reactive ketones (excluding diaryl/α,β-unsaturated/α-hetero) is 1. The molecule has 0 aliphatic carbocycles. The highest BCUT2D eigenvalue weighted by Crippen LogP contribution is 2.47. The molecule has 1 unspecified atom stereocenters. The average Bonchev–Trinajstić information content (AvgIpc) is 2.91. The molecular weight excluding hydrogens is 378 g/mol. The van der Waals surface area contributed by atoms with Gasteiger partial charge in [0.1, 0.15) is 11.5 Å². The first-order valence-corrected chi connectivity index (χ1v) is 10.6. The van der Waals surface area contributed by atoms with Crippen molar-refractivity contribution in [2.24, 2.45) is 0 Å². The number of nitrogens with zero attached hydrogens (tertiary/aromatic N) is 1. The number of fused-ring (bicyclic) bond motifs is 1. The largest absolute Gasteiger partial charge is 0.493 e. The van der Waals surface area contributed by atoms with Gasteiger partial charge in [0, 0.05) is 17.5 Å². The number of benzene rings is 2. The maximum atomic E-state index is 13.4. The summed E-state index contributed by atoms with van der Waals surface area (Å²) in [6.07, 6.45) is 2.98. The third-order valence-electron chi connectivity index (χ3n) is 5.68. The van der Waals surface area contributed by atoms with Gasteiger partial charge in [-0.2, -0.15) is 0 Å². The van der Waals surface area contributed by atoms with Gasteiger partial charge in [-0.3, -0.25) is 9.59 Å². The molecule has 3 rings (SSSR count). The van der Waals surface area contributed by atoms with Crippen molar-refractivity contribution in [2.75, 3.05) is 11.5 Å². The number of amides is 1. The van der Waals surface area contributed by atoms with Crippen LogP contribution in [0.15, 0.2) is 36.4 Å². The lowest BCUT2D eigenvalue weighted by Crippen LogP contribution is -2.41. The number of aryl methyl sites for hydroxylation is 2. The van der Waals surface area contributed by atoms with E-state index in [0.717, 1.165) is 41.7 Å². The van der Waals surface area contributed by atoms with Crippen LogP contribution in [0.5, 0.6) is 5.75 Å². The number of ether oxygens (including phenoxy) is 1. The SMILES string of the molecule is CCCCCOc1ccccc1CN1C(=O)C(O)(CC(C)=O)c2c(C)ccc(C)c21. The Labute approximate surface area is 178 Å². The van der Waals surface area contributed by atoms with E-state index in [0.29, 0.717) is 17.9 Å². The molecule has 1 aliphatic heterocycles. The predicted molar refractivity (Wildman–Crippen MR) is 118 cm³/mol. The van der Waals surface area contributed by atoms with Crippen molar-refractivity contribution in [3.05, 3.63) is 58.7 Å². The number of ketones is 1. The second-order valence-electron chi connectivity index (χ2n) is 8.22. The maximum Gasteiger partial charge on any atom is 0.264 e. The smallest absolute Gasteiger partial charge is 0.264 e. The molecule has 1 atom stereocenters.